The molecule has 0 aromatic rings. The van der Waals surface area contributed by atoms with Crippen molar-refractivity contribution in [3.8, 4) is 0 Å². The zero-order valence-electron chi connectivity index (χ0n) is 40.4. The largest absolute Gasteiger partial charge is 0.454 e. The molecule has 4 saturated carbocycles. The third-order valence-electron chi connectivity index (χ3n) is 19.0. The standard InChI is InChI=1S/C49H78O17/c1-22(2)17-26-18-47(10,66-43-39(62-25(5)50)36(56)33(53)24(4)61-43)40-27-11-12-30-45(8)15-14-31(44(6,7)29(45)13-16-46(30,9)48(27)20-49(40,65-26)59-21-48)63-42-38(34(54)28(51)19-58-42)64-41-37(57)35(55)32(52)23(3)60-41/h17,23-24,26-43,51-57H,11-16,18-21H2,1-10H3. The molecule has 5 heterocycles. The van der Waals surface area contributed by atoms with Crippen LogP contribution in [0.5, 0.6) is 0 Å². The van der Waals surface area contributed by atoms with E-state index in [9.17, 15) is 40.5 Å². The van der Waals surface area contributed by atoms with Crippen LogP contribution in [0.2, 0.25) is 0 Å². The monoisotopic (exact) mass is 939 g/mol. The lowest BCUT2D eigenvalue weighted by atomic mass is 9.35. The van der Waals surface area contributed by atoms with Crippen LogP contribution < -0.4 is 0 Å². The van der Waals surface area contributed by atoms with E-state index in [1.165, 1.54) is 6.92 Å². The molecular weight excluding hydrogens is 861 g/mol. The number of carbonyl (C=O) groups is 1. The number of esters is 1. The van der Waals surface area contributed by atoms with Crippen molar-refractivity contribution in [3.05, 3.63) is 11.6 Å². The molecule has 9 rings (SSSR count). The van der Waals surface area contributed by atoms with E-state index in [1.807, 2.05) is 13.8 Å². The first-order chi connectivity index (χ1) is 30.8. The van der Waals surface area contributed by atoms with Crippen LogP contribution in [0.3, 0.4) is 0 Å². The molecule has 0 aromatic carbocycles. The van der Waals surface area contributed by atoms with Gasteiger partial charge in [-0.1, -0.05) is 39.3 Å². The average Bonchev–Trinajstić information content (AvgIpc) is 3.76. The lowest BCUT2D eigenvalue weighted by molar-refractivity contribution is -0.385. The number of hydrogen-bond donors (Lipinski definition) is 7. The molecule has 5 aliphatic heterocycles. The number of aliphatic hydroxyl groups is 7. The quantitative estimate of drug-likeness (QED) is 0.105. The van der Waals surface area contributed by atoms with Gasteiger partial charge in [0.1, 0.15) is 48.8 Å². The van der Waals surface area contributed by atoms with E-state index in [0.717, 1.165) is 37.7 Å². The highest BCUT2D eigenvalue weighted by molar-refractivity contribution is 5.66. The number of rotatable bonds is 8. The summed E-state index contributed by atoms with van der Waals surface area (Å²) in [7, 11) is 0. The number of fused-ring (bicyclic) bond motifs is 4. The molecule has 376 valence electrons. The van der Waals surface area contributed by atoms with Crippen molar-refractivity contribution in [1.82, 2.24) is 0 Å². The first kappa shape index (κ1) is 49.6. The highest BCUT2D eigenvalue weighted by Crippen LogP contribution is 2.80. The molecule has 2 bridgehead atoms. The van der Waals surface area contributed by atoms with Crippen LogP contribution in [0, 0.1) is 45.3 Å². The molecule has 17 heteroatoms. The summed E-state index contributed by atoms with van der Waals surface area (Å²) in [6, 6.07) is 0. The SMILES string of the molecule is CC(=O)OC1C(OC2(C)CC(C=C(C)C)OC34CC5(CO3)C(CCC3C6(C)CCC(OC7OCC(O)C(O)C7OC7OC(C)C(O)C(O)C7O)C(C)(C)C6CCC35C)C24)OC(C)C(O)C1O. The Balaban J connectivity index is 0.978. The second-order valence-electron chi connectivity index (χ2n) is 23.5. The van der Waals surface area contributed by atoms with Gasteiger partial charge in [0.05, 0.1) is 43.2 Å². The summed E-state index contributed by atoms with van der Waals surface area (Å²) < 4.78 is 58.0. The lowest BCUT2D eigenvalue weighted by Gasteiger charge is -2.70. The van der Waals surface area contributed by atoms with Crippen LogP contribution in [0.15, 0.2) is 11.6 Å². The van der Waals surface area contributed by atoms with Gasteiger partial charge in [0.15, 0.2) is 30.8 Å². The van der Waals surface area contributed by atoms with Crippen molar-refractivity contribution < 1.29 is 83.2 Å². The van der Waals surface area contributed by atoms with Crippen LogP contribution in [0.25, 0.3) is 0 Å². The maximum absolute atomic E-state index is 12.4. The molecular formula is C49H78O17. The first-order valence-electron chi connectivity index (χ1n) is 24.6. The minimum atomic E-state index is -1.62. The number of allylic oxidation sites excluding steroid dienone is 1. The average molecular weight is 939 g/mol. The molecule has 25 unspecified atom stereocenters. The summed E-state index contributed by atoms with van der Waals surface area (Å²) >= 11 is 0. The Morgan fingerprint density at radius 3 is 2.08 bits per heavy atom. The fourth-order valence-corrected chi connectivity index (χ4v) is 16.1. The zero-order chi connectivity index (χ0) is 47.8. The van der Waals surface area contributed by atoms with Crippen molar-refractivity contribution in [2.45, 2.75) is 230 Å². The fraction of sp³-hybridized carbons (Fsp3) is 0.939. The summed E-state index contributed by atoms with van der Waals surface area (Å²) in [5.41, 5.74) is -0.643. The molecule has 66 heavy (non-hydrogen) atoms. The highest BCUT2D eigenvalue weighted by Gasteiger charge is 2.81. The minimum absolute atomic E-state index is 0.0860. The molecule has 25 atom stereocenters. The van der Waals surface area contributed by atoms with E-state index >= 15 is 0 Å². The van der Waals surface area contributed by atoms with Crippen molar-refractivity contribution in [1.29, 1.82) is 0 Å². The Morgan fingerprint density at radius 2 is 1.39 bits per heavy atom. The smallest absolute Gasteiger partial charge is 0.303 e. The summed E-state index contributed by atoms with van der Waals surface area (Å²) in [5.74, 6) is -1.02. The summed E-state index contributed by atoms with van der Waals surface area (Å²) in [5, 5.41) is 75.5. The Bertz CT molecular complexity index is 1850. The van der Waals surface area contributed by atoms with Crippen molar-refractivity contribution >= 4 is 5.97 Å². The van der Waals surface area contributed by atoms with E-state index in [0.29, 0.717) is 31.8 Å². The van der Waals surface area contributed by atoms with Crippen LogP contribution in [0.1, 0.15) is 121 Å². The van der Waals surface area contributed by atoms with Gasteiger partial charge >= 0.3 is 5.97 Å². The van der Waals surface area contributed by atoms with Gasteiger partial charge in [-0.15, -0.1) is 0 Å². The molecule has 9 fully saturated rings. The molecule has 17 nitrogen and oxygen atoms in total. The Kier molecular flexibility index (Phi) is 12.9. The predicted molar refractivity (Wildman–Crippen MR) is 232 cm³/mol. The number of carbonyl (C=O) groups excluding carboxylic acids is 1. The van der Waals surface area contributed by atoms with Crippen molar-refractivity contribution in [3.63, 3.8) is 0 Å². The Labute approximate surface area is 388 Å². The highest BCUT2D eigenvalue weighted by atomic mass is 16.8. The lowest BCUT2D eigenvalue weighted by Crippen LogP contribution is -2.69. The maximum atomic E-state index is 12.4. The molecule has 4 aliphatic carbocycles. The van der Waals surface area contributed by atoms with Crippen LogP contribution in [0.4, 0.5) is 0 Å². The van der Waals surface area contributed by atoms with Gasteiger partial charge in [-0.25, -0.2) is 0 Å². The minimum Gasteiger partial charge on any atom is -0.454 e. The predicted octanol–water partition coefficient (Wildman–Crippen LogP) is 2.59. The maximum Gasteiger partial charge on any atom is 0.303 e. The first-order valence-corrected chi connectivity index (χ1v) is 24.6. The molecule has 7 N–H and O–H groups in total. The molecule has 0 amide bonds. The van der Waals surface area contributed by atoms with Crippen molar-refractivity contribution in [2.75, 3.05) is 13.2 Å². The van der Waals surface area contributed by atoms with Crippen LogP contribution >= 0.6 is 0 Å². The zero-order valence-corrected chi connectivity index (χ0v) is 40.4. The molecule has 0 radical (unpaired) electrons. The van der Waals surface area contributed by atoms with E-state index in [-0.39, 0.29) is 58.2 Å². The van der Waals surface area contributed by atoms with E-state index in [1.54, 1.807) is 13.8 Å². The number of hydrogen-bond acceptors (Lipinski definition) is 17. The topological polar surface area (TPSA) is 242 Å². The number of aliphatic hydroxyl groups excluding tert-OH is 7. The molecule has 0 aromatic heterocycles. The van der Waals surface area contributed by atoms with Gasteiger partial charge in [0.2, 0.25) is 0 Å². The van der Waals surface area contributed by atoms with E-state index < -0.39 is 103 Å². The van der Waals surface area contributed by atoms with Crippen molar-refractivity contribution in [2.24, 2.45) is 45.3 Å². The van der Waals surface area contributed by atoms with E-state index in [4.69, 9.17) is 42.6 Å². The van der Waals surface area contributed by atoms with Crippen LogP contribution in [-0.2, 0) is 47.4 Å². The second kappa shape index (κ2) is 17.1. The van der Waals surface area contributed by atoms with Gasteiger partial charge in [0.25, 0.3) is 0 Å². The number of ether oxygens (including phenoxy) is 9. The molecule has 5 saturated heterocycles. The third-order valence-corrected chi connectivity index (χ3v) is 19.0. The Morgan fingerprint density at radius 1 is 0.712 bits per heavy atom. The van der Waals surface area contributed by atoms with Gasteiger partial charge in [-0.3, -0.25) is 4.79 Å². The summed E-state index contributed by atoms with van der Waals surface area (Å²) in [6.45, 7) is 20.5. The van der Waals surface area contributed by atoms with Gasteiger partial charge < -0.3 is 78.4 Å². The second-order valence-corrected chi connectivity index (χ2v) is 23.5. The summed E-state index contributed by atoms with van der Waals surface area (Å²) in [4.78, 5) is 12.4. The summed E-state index contributed by atoms with van der Waals surface area (Å²) in [6.07, 6.45) is -9.66. The van der Waals surface area contributed by atoms with Gasteiger partial charge in [0, 0.05) is 31.1 Å². The van der Waals surface area contributed by atoms with E-state index in [2.05, 4.69) is 40.7 Å². The Hall–Kier alpha value is -1.39. The van der Waals surface area contributed by atoms with Gasteiger partial charge in [-0.2, -0.15) is 0 Å². The molecule has 9 aliphatic rings. The van der Waals surface area contributed by atoms with Gasteiger partial charge in [-0.05, 0) is 107 Å². The molecule has 2 spiro atoms. The fourth-order valence-electron chi connectivity index (χ4n) is 16.1. The van der Waals surface area contributed by atoms with Crippen LogP contribution in [-0.4, -0.2) is 165 Å². The normalized spacial score (nSPS) is 56.3. The third kappa shape index (κ3) is 7.53.